The number of hydrogen-bond acceptors (Lipinski definition) is 4. The summed E-state index contributed by atoms with van der Waals surface area (Å²) in [4.78, 5) is 23.3. The molecule has 2 atom stereocenters. The van der Waals surface area contributed by atoms with Crippen molar-refractivity contribution in [3.05, 3.63) is 24.3 Å². The van der Waals surface area contributed by atoms with E-state index in [1.807, 2.05) is 24.3 Å². The molecule has 1 aromatic rings. The van der Waals surface area contributed by atoms with Gasteiger partial charge in [0, 0.05) is 4.90 Å². The number of carbonyl (C=O) groups excluding carboxylic acids is 1. The lowest BCUT2D eigenvalue weighted by atomic mass is 10.3. The van der Waals surface area contributed by atoms with E-state index >= 15 is 0 Å². The fourth-order valence-corrected chi connectivity index (χ4v) is 2.18. The van der Waals surface area contributed by atoms with E-state index in [4.69, 9.17) is 9.84 Å². The lowest BCUT2D eigenvalue weighted by Gasteiger charge is -2.14. The second-order valence-corrected chi connectivity index (χ2v) is 5.42. The minimum Gasteiger partial charge on any atom is -0.497 e. The van der Waals surface area contributed by atoms with Gasteiger partial charge in [-0.1, -0.05) is 0 Å². The van der Waals surface area contributed by atoms with Gasteiger partial charge in [0.1, 0.15) is 11.8 Å². The zero-order valence-electron chi connectivity index (χ0n) is 11.0. The zero-order chi connectivity index (χ0) is 14.4. The molecular weight excluding hydrogens is 266 g/mol. The molecule has 19 heavy (non-hydrogen) atoms. The van der Waals surface area contributed by atoms with E-state index in [1.165, 1.54) is 18.7 Å². The van der Waals surface area contributed by atoms with Gasteiger partial charge in [-0.25, -0.2) is 0 Å². The number of methoxy groups -OCH3 is 1. The Morgan fingerprint density at radius 1 is 1.26 bits per heavy atom. The number of hydrogen-bond donors (Lipinski definition) is 2. The van der Waals surface area contributed by atoms with Gasteiger partial charge in [0.25, 0.3) is 0 Å². The number of carboxylic acid groups (broad SMARTS) is 1. The minimum absolute atomic E-state index is 0.296. The Kier molecular flexibility index (Phi) is 5.69. The number of amides is 1. The summed E-state index contributed by atoms with van der Waals surface area (Å²) in [5.74, 6) is -0.591. The van der Waals surface area contributed by atoms with Crippen LogP contribution in [0.1, 0.15) is 13.8 Å². The molecule has 0 aliphatic carbocycles. The summed E-state index contributed by atoms with van der Waals surface area (Å²) in [7, 11) is 1.59. The highest BCUT2D eigenvalue weighted by molar-refractivity contribution is 8.00. The summed E-state index contributed by atoms with van der Waals surface area (Å²) < 4.78 is 5.05. The third-order valence-corrected chi connectivity index (χ3v) is 3.58. The fourth-order valence-electron chi connectivity index (χ4n) is 1.30. The van der Waals surface area contributed by atoms with Crippen LogP contribution in [0.25, 0.3) is 0 Å². The predicted molar refractivity (Wildman–Crippen MR) is 73.6 cm³/mol. The minimum atomic E-state index is -1.05. The van der Waals surface area contributed by atoms with Crippen LogP contribution in [0, 0.1) is 0 Å². The first-order valence-electron chi connectivity index (χ1n) is 5.78. The van der Waals surface area contributed by atoms with Crippen molar-refractivity contribution in [1.82, 2.24) is 5.32 Å². The van der Waals surface area contributed by atoms with Crippen molar-refractivity contribution in [3.8, 4) is 5.75 Å². The quantitative estimate of drug-likeness (QED) is 0.778. The number of thioether (sulfide) groups is 1. The first-order chi connectivity index (χ1) is 8.93. The normalized spacial score (nSPS) is 13.4. The molecule has 0 radical (unpaired) electrons. The highest BCUT2D eigenvalue weighted by atomic mass is 32.2. The van der Waals surface area contributed by atoms with Crippen molar-refractivity contribution in [3.63, 3.8) is 0 Å². The van der Waals surface area contributed by atoms with Crippen LogP contribution >= 0.6 is 11.8 Å². The smallest absolute Gasteiger partial charge is 0.325 e. The summed E-state index contributed by atoms with van der Waals surface area (Å²) in [5.41, 5.74) is 0. The molecule has 1 rings (SSSR count). The Balaban J connectivity index is 2.55. The molecule has 0 aliphatic heterocycles. The molecule has 104 valence electrons. The second-order valence-electron chi connectivity index (χ2n) is 4.00. The van der Waals surface area contributed by atoms with Gasteiger partial charge < -0.3 is 15.2 Å². The Bertz CT molecular complexity index is 446. The standard InChI is InChI=1S/C13H17NO4S/c1-8(13(16)17)14-12(15)9(2)19-11-6-4-10(18-3)5-7-11/h4-9H,1-3H3,(H,14,15)(H,16,17)/t8-,9?/m1/s1. The Morgan fingerprint density at radius 3 is 2.32 bits per heavy atom. The highest BCUT2D eigenvalue weighted by Gasteiger charge is 2.19. The lowest BCUT2D eigenvalue weighted by Crippen LogP contribution is -2.41. The van der Waals surface area contributed by atoms with Gasteiger partial charge in [-0.15, -0.1) is 11.8 Å². The van der Waals surface area contributed by atoms with Crippen molar-refractivity contribution < 1.29 is 19.4 Å². The van der Waals surface area contributed by atoms with Gasteiger partial charge in [0.2, 0.25) is 5.91 Å². The van der Waals surface area contributed by atoms with E-state index in [0.29, 0.717) is 0 Å². The molecule has 2 N–H and O–H groups in total. The fraction of sp³-hybridized carbons (Fsp3) is 0.385. The number of nitrogens with one attached hydrogen (secondary N) is 1. The van der Waals surface area contributed by atoms with E-state index in [1.54, 1.807) is 14.0 Å². The van der Waals surface area contributed by atoms with Gasteiger partial charge in [-0.3, -0.25) is 9.59 Å². The monoisotopic (exact) mass is 283 g/mol. The van der Waals surface area contributed by atoms with Crippen molar-refractivity contribution in [2.45, 2.75) is 30.0 Å². The molecule has 0 saturated carbocycles. The van der Waals surface area contributed by atoms with Crippen molar-refractivity contribution >= 4 is 23.6 Å². The van der Waals surface area contributed by atoms with Gasteiger partial charge in [0.05, 0.1) is 12.4 Å². The molecule has 6 heteroatoms. The number of rotatable bonds is 6. The average Bonchev–Trinajstić information content (AvgIpc) is 2.39. The first-order valence-corrected chi connectivity index (χ1v) is 6.66. The molecular formula is C13H17NO4S. The molecule has 0 bridgehead atoms. The van der Waals surface area contributed by atoms with Gasteiger partial charge in [0.15, 0.2) is 0 Å². The molecule has 1 amide bonds. The molecule has 1 aromatic carbocycles. The summed E-state index contributed by atoms with van der Waals surface area (Å²) in [5, 5.41) is 10.8. The Morgan fingerprint density at radius 2 is 1.84 bits per heavy atom. The maximum atomic E-state index is 11.8. The summed E-state index contributed by atoms with van der Waals surface area (Å²) in [6.07, 6.45) is 0. The van der Waals surface area contributed by atoms with Crippen LogP contribution in [0.4, 0.5) is 0 Å². The Hall–Kier alpha value is -1.69. The van der Waals surface area contributed by atoms with E-state index in [2.05, 4.69) is 5.32 Å². The molecule has 0 aliphatic rings. The number of carboxylic acids is 1. The predicted octanol–water partition coefficient (Wildman–Crippen LogP) is 1.77. The van der Waals surface area contributed by atoms with Crippen LogP contribution in [0.5, 0.6) is 5.75 Å². The molecule has 0 heterocycles. The van der Waals surface area contributed by atoms with E-state index in [-0.39, 0.29) is 11.2 Å². The second kappa shape index (κ2) is 7.04. The molecule has 5 nitrogen and oxygen atoms in total. The number of ether oxygens (including phenoxy) is 1. The van der Waals surface area contributed by atoms with E-state index in [0.717, 1.165) is 10.6 Å². The summed E-state index contributed by atoms with van der Waals surface area (Å²) >= 11 is 1.36. The molecule has 1 unspecified atom stereocenters. The van der Waals surface area contributed by atoms with E-state index in [9.17, 15) is 9.59 Å². The van der Waals surface area contributed by atoms with Gasteiger partial charge in [-0.05, 0) is 38.1 Å². The molecule has 0 fully saturated rings. The van der Waals surface area contributed by atoms with Gasteiger partial charge in [-0.2, -0.15) is 0 Å². The lowest BCUT2D eigenvalue weighted by molar-refractivity contribution is -0.141. The topological polar surface area (TPSA) is 75.6 Å². The van der Waals surface area contributed by atoms with Crippen LogP contribution in [0.2, 0.25) is 0 Å². The van der Waals surface area contributed by atoms with Crippen molar-refractivity contribution in [1.29, 1.82) is 0 Å². The SMILES string of the molecule is COc1ccc(SC(C)C(=O)N[C@H](C)C(=O)O)cc1. The average molecular weight is 283 g/mol. The van der Waals surface area contributed by atoms with Crippen molar-refractivity contribution in [2.24, 2.45) is 0 Å². The van der Waals surface area contributed by atoms with Crippen LogP contribution in [-0.2, 0) is 9.59 Å². The third-order valence-electron chi connectivity index (χ3n) is 2.47. The molecule has 0 saturated heterocycles. The maximum Gasteiger partial charge on any atom is 0.325 e. The van der Waals surface area contributed by atoms with Gasteiger partial charge >= 0.3 is 5.97 Å². The van der Waals surface area contributed by atoms with Crippen LogP contribution in [0.3, 0.4) is 0 Å². The van der Waals surface area contributed by atoms with Crippen LogP contribution in [-0.4, -0.2) is 35.4 Å². The number of benzene rings is 1. The summed E-state index contributed by atoms with van der Waals surface area (Å²) in [6.45, 7) is 3.17. The molecule has 0 aromatic heterocycles. The van der Waals surface area contributed by atoms with E-state index < -0.39 is 12.0 Å². The summed E-state index contributed by atoms with van der Waals surface area (Å²) in [6, 6.07) is 6.45. The largest absolute Gasteiger partial charge is 0.497 e. The zero-order valence-corrected chi connectivity index (χ0v) is 11.9. The highest BCUT2D eigenvalue weighted by Crippen LogP contribution is 2.25. The number of aliphatic carboxylic acids is 1. The Labute approximate surface area is 116 Å². The molecule has 0 spiro atoms. The number of carbonyl (C=O) groups is 2. The maximum absolute atomic E-state index is 11.8. The first kappa shape index (κ1) is 15.4. The van der Waals surface area contributed by atoms with Crippen LogP contribution in [0.15, 0.2) is 29.2 Å². The van der Waals surface area contributed by atoms with Crippen molar-refractivity contribution in [2.75, 3.05) is 7.11 Å². The van der Waals surface area contributed by atoms with Crippen LogP contribution < -0.4 is 10.1 Å². The third kappa shape index (κ3) is 4.82.